The van der Waals surface area contributed by atoms with Crippen LogP contribution in [-0.2, 0) is 0 Å². The van der Waals surface area contributed by atoms with Gasteiger partial charge in [0, 0.05) is 0 Å². The van der Waals surface area contributed by atoms with Gasteiger partial charge < -0.3 is 9.47 Å². The first-order valence-corrected chi connectivity index (χ1v) is 4.87. The van der Waals surface area contributed by atoms with Crippen molar-refractivity contribution in [1.82, 2.24) is 0 Å². The molecule has 0 saturated carbocycles. The molecule has 0 N–H and O–H groups in total. The Hall–Kier alpha value is -1.72. The van der Waals surface area contributed by atoms with Crippen LogP contribution < -0.4 is 9.47 Å². The zero-order chi connectivity index (χ0) is 13.1. The quantitative estimate of drug-likeness (QED) is 0.767. The van der Waals surface area contributed by atoms with Crippen molar-refractivity contribution in [3.63, 3.8) is 0 Å². The monoisotopic (exact) mass is 248 g/mol. The molecule has 0 aliphatic heterocycles. The fourth-order valence-electron chi connectivity index (χ4n) is 1.29. The third-order valence-electron chi connectivity index (χ3n) is 1.87. The van der Waals surface area contributed by atoms with Crippen LogP contribution in [0.2, 0.25) is 0 Å². The van der Waals surface area contributed by atoms with Crippen LogP contribution in [0.1, 0.15) is 24.2 Å². The van der Waals surface area contributed by atoms with Gasteiger partial charge in [0.15, 0.2) is 17.3 Å². The van der Waals surface area contributed by atoms with Gasteiger partial charge in [0.25, 0.3) is 0 Å². The minimum Gasteiger partial charge on any atom is -0.489 e. The van der Waals surface area contributed by atoms with Gasteiger partial charge in [0.2, 0.25) is 0 Å². The van der Waals surface area contributed by atoms with E-state index < -0.39 is 12.1 Å². The number of halogens is 3. The molecule has 1 aromatic rings. The number of ketones is 1. The van der Waals surface area contributed by atoms with Crippen LogP contribution in [0, 0.1) is 0 Å². The maximum atomic E-state index is 12.1. The molecule has 0 bridgehead atoms. The molecule has 0 saturated heterocycles. The van der Waals surface area contributed by atoms with Crippen LogP contribution in [0.25, 0.3) is 0 Å². The predicted molar refractivity (Wildman–Crippen MR) is 54.3 cm³/mol. The zero-order valence-corrected chi connectivity index (χ0v) is 9.30. The molecule has 6 heteroatoms. The number of hydrogen-bond donors (Lipinski definition) is 0. The molecule has 0 radical (unpaired) electrons. The Balaban J connectivity index is 3.20. The van der Waals surface area contributed by atoms with E-state index in [1.807, 2.05) is 0 Å². The van der Waals surface area contributed by atoms with Crippen LogP contribution in [0.15, 0.2) is 18.2 Å². The van der Waals surface area contributed by atoms with E-state index in [0.717, 1.165) is 6.07 Å². The summed E-state index contributed by atoms with van der Waals surface area (Å²) in [5.41, 5.74) is 0.0635. The summed E-state index contributed by atoms with van der Waals surface area (Å²) < 4.78 is 45.2. The van der Waals surface area contributed by atoms with Crippen molar-refractivity contribution in [3.05, 3.63) is 23.8 Å². The molecule has 0 atom stereocenters. The average molecular weight is 248 g/mol. The molecule has 3 nitrogen and oxygen atoms in total. The van der Waals surface area contributed by atoms with E-state index in [9.17, 15) is 18.0 Å². The van der Waals surface area contributed by atoms with Crippen molar-refractivity contribution in [1.29, 1.82) is 0 Å². The number of alkyl halides is 3. The molecule has 0 spiro atoms. The molecule has 0 fully saturated rings. The molecule has 0 aliphatic rings. The topological polar surface area (TPSA) is 35.5 Å². The van der Waals surface area contributed by atoms with Gasteiger partial charge >= 0.3 is 6.36 Å². The largest absolute Gasteiger partial charge is 0.573 e. The molecule has 94 valence electrons. The van der Waals surface area contributed by atoms with E-state index in [0.29, 0.717) is 0 Å². The van der Waals surface area contributed by atoms with Gasteiger partial charge in [0.05, 0.1) is 12.2 Å². The van der Waals surface area contributed by atoms with Crippen LogP contribution in [-0.4, -0.2) is 18.8 Å². The Labute approximate surface area is 96.1 Å². The number of carbonyl (C=O) groups excluding carboxylic acids is 1. The molecule has 0 unspecified atom stereocenters. The van der Waals surface area contributed by atoms with E-state index >= 15 is 0 Å². The van der Waals surface area contributed by atoms with Crippen molar-refractivity contribution >= 4 is 5.78 Å². The molecule has 1 rings (SSSR count). The van der Waals surface area contributed by atoms with Gasteiger partial charge in [-0.1, -0.05) is 6.07 Å². The summed E-state index contributed by atoms with van der Waals surface area (Å²) in [6.07, 6.45) is -4.82. The highest BCUT2D eigenvalue weighted by molar-refractivity contribution is 5.97. The summed E-state index contributed by atoms with van der Waals surface area (Å²) >= 11 is 0. The van der Waals surface area contributed by atoms with Crippen LogP contribution in [0.5, 0.6) is 11.5 Å². The van der Waals surface area contributed by atoms with Gasteiger partial charge in [-0.25, -0.2) is 0 Å². The second-order valence-corrected chi connectivity index (χ2v) is 3.17. The van der Waals surface area contributed by atoms with E-state index in [1.54, 1.807) is 6.92 Å². The molecule has 0 aromatic heterocycles. The lowest BCUT2D eigenvalue weighted by atomic mass is 10.1. The van der Waals surface area contributed by atoms with Crippen LogP contribution in [0.4, 0.5) is 13.2 Å². The first-order chi connectivity index (χ1) is 7.85. The first-order valence-electron chi connectivity index (χ1n) is 4.87. The summed E-state index contributed by atoms with van der Waals surface area (Å²) in [4.78, 5) is 11.2. The number of hydrogen-bond acceptors (Lipinski definition) is 3. The second-order valence-electron chi connectivity index (χ2n) is 3.17. The van der Waals surface area contributed by atoms with E-state index in [-0.39, 0.29) is 23.7 Å². The molecule has 1 aromatic carbocycles. The second kappa shape index (κ2) is 5.07. The van der Waals surface area contributed by atoms with Crippen LogP contribution in [0.3, 0.4) is 0 Å². The Bertz CT molecular complexity index is 413. The lowest BCUT2D eigenvalue weighted by Crippen LogP contribution is -2.18. The van der Waals surface area contributed by atoms with Crippen molar-refractivity contribution < 1.29 is 27.4 Å². The van der Waals surface area contributed by atoms with Gasteiger partial charge in [0.1, 0.15) is 0 Å². The number of carbonyl (C=O) groups is 1. The minimum atomic E-state index is -4.82. The number of rotatable bonds is 4. The maximum Gasteiger partial charge on any atom is 0.573 e. The van der Waals surface area contributed by atoms with Crippen molar-refractivity contribution in [2.24, 2.45) is 0 Å². The van der Waals surface area contributed by atoms with Gasteiger partial charge in [-0.2, -0.15) is 0 Å². The number of Topliss-reactive ketones (excluding diaryl/α,β-unsaturated/α-hetero) is 1. The lowest BCUT2D eigenvalue weighted by Gasteiger charge is -2.15. The lowest BCUT2D eigenvalue weighted by molar-refractivity contribution is -0.275. The van der Waals surface area contributed by atoms with E-state index in [2.05, 4.69) is 4.74 Å². The smallest absolute Gasteiger partial charge is 0.489 e. The summed E-state index contributed by atoms with van der Waals surface area (Å²) in [6, 6.07) is 3.79. The van der Waals surface area contributed by atoms with E-state index in [1.165, 1.54) is 19.1 Å². The third kappa shape index (κ3) is 3.65. The molecule has 0 aliphatic carbocycles. The zero-order valence-electron chi connectivity index (χ0n) is 9.30. The molecular weight excluding hydrogens is 237 g/mol. The third-order valence-corrected chi connectivity index (χ3v) is 1.87. The Kier molecular flexibility index (Phi) is 3.98. The fraction of sp³-hybridized carbons (Fsp3) is 0.364. The van der Waals surface area contributed by atoms with Crippen molar-refractivity contribution in [2.45, 2.75) is 20.2 Å². The minimum absolute atomic E-state index is 0.0635. The van der Waals surface area contributed by atoms with Crippen molar-refractivity contribution in [3.8, 4) is 11.5 Å². The average Bonchev–Trinajstić information content (AvgIpc) is 2.18. The van der Waals surface area contributed by atoms with E-state index in [4.69, 9.17) is 4.74 Å². The molecule has 17 heavy (non-hydrogen) atoms. The Morgan fingerprint density at radius 1 is 1.35 bits per heavy atom. The summed E-state index contributed by atoms with van der Waals surface area (Å²) in [7, 11) is 0. The first kappa shape index (κ1) is 13.3. The molecule has 0 heterocycles. The Morgan fingerprint density at radius 2 is 2.00 bits per heavy atom. The summed E-state index contributed by atoms with van der Waals surface area (Å²) in [5, 5.41) is 0. The normalized spacial score (nSPS) is 11.1. The maximum absolute atomic E-state index is 12.1. The standard InChI is InChI=1S/C11H11F3O3/c1-3-16-10-8(7(2)15)5-4-6-9(10)17-11(12,13)14/h4-6H,3H2,1-2H3. The van der Waals surface area contributed by atoms with Crippen LogP contribution >= 0.6 is 0 Å². The SMILES string of the molecule is CCOc1c(OC(F)(F)F)cccc1C(C)=O. The number of para-hydroxylation sites is 1. The molecule has 0 amide bonds. The summed E-state index contributed by atoms with van der Waals surface area (Å²) in [5.74, 6) is -1.08. The predicted octanol–water partition coefficient (Wildman–Crippen LogP) is 3.19. The number of ether oxygens (including phenoxy) is 2. The highest BCUT2D eigenvalue weighted by Gasteiger charge is 2.33. The summed E-state index contributed by atoms with van der Waals surface area (Å²) in [6.45, 7) is 2.99. The molecular formula is C11H11F3O3. The van der Waals surface area contributed by atoms with Crippen molar-refractivity contribution in [2.75, 3.05) is 6.61 Å². The Morgan fingerprint density at radius 3 is 2.47 bits per heavy atom. The van der Waals surface area contributed by atoms with Gasteiger partial charge in [-0.05, 0) is 26.0 Å². The number of benzene rings is 1. The fourth-order valence-corrected chi connectivity index (χ4v) is 1.29. The van der Waals surface area contributed by atoms with Gasteiger partial charge in [-0.15, -0.1) is 13.2 Å². The van der Waals surface area contributed by atoms with Gasteiger partial charge in [-0.3, -0.25) is 4.79 Å². The highest BCUT2D eigenvalue weighted by atomic mass is 19.4. The highest BCUT2D eigenvalue weighted by Crippen LogP contribution is 2.35.